The van der Waals surface area contributed by atoms with Gasteiger partial charge in [0.25, 0.3) is 0 Å². The summed E-state index contributed by atoms with van der Waals surface area (Å²) < 4.78 is 1.32. The number of rotatable bonds is 2. The van der Waals surface area contributed by atoms with Crippen LogP contribution >= 0.6 is 0 Å². The smallest absolute Gasteiger partial charge is 0.244 e. The average Bonchev–Trinajstić information content (AvgIpc) is 2.65. The van der Waals surface area contributed by atoms with Gasteiger partial charge in [0, 0.05) is 0 Å². The Labute approximate surface area is 86.7 Å². The lowest BCUT2D eigenvalue weighted by Gasteiger charge is -2.09. The van der Waals surface area contributed by atoms with E-state index in [1.165, 1.54) is 10.2 Å². The zero-order chi connectivity index (χ0) is 10.8. The van der Waals surface area contributed by atoms with E-state index in [1.54, 1.807) is 0 Å². The van der Waals surface area contributed by atoms with Gasteiger partial charge in [-0.1, -0.05) is 29.8 Å². The molecule has 0 saturated carbocycles. The van der Waals surface area contributed by atoms with Crippen LogP contribution in [-0.4, -0.2) is 20.2 Å². The Morgan fingerprint density at radius 1 is 1.33 bits per heavy atom. The maximum atomic E-state index is 11.3. The van der Waals surface area contributed by atoms with Crippen molar-refractivity contribution < 1.29 is 0 Å². The van der Waals surface area contributed by atoms with Crippen LogP contribution in [0, 0.1) is 6.92 Å². The van der Waals surface area contributed by atoms with Crippen molar-refractivity contribution in [2.45, 2.75) is 19.9 Å². The van der Waals surface area contributed by atoms with E-state index in [4.69, 9.17) is 0 Å². The van der Waals surface area contributed by atoms with Gasteiger partial charge in [0.2, 0.25) is 0 Å². The molecule has 1 aromatic heterocycles. The summed E-state index contributed by atoms with van der Waals surface area (Å²) in [4.78, 5) is 11.3. The third-order valence-corrected chi connectivity index (χ3v) is 2.42. The number of nitrogens with zero attached hydrogens (tertiary/aromatic N) is 3. The molecule has 0 fully saturated rings. The molecule has 0 spiro atoms. The molecule has 0 saturated heterocycles. The molecule has 15 heavy (non-hydrogen) atoms. The topological polar surface area (TPSA) is 63.6 Å². The second kappa shape index (κ2) is 3.68. The van der Waals surface area contributed by atoms with Crippen molar-refractivity contribution in [2.24, 2.45) is 0 Å². The average molecular weight is 204 g/mol. The molecule has 0 aliphatic carbocycles. The maximum absolute atomic E-state index is 11.3. The number of H-pyrrole nitrogens is 1. The number of benzene rings is 1. The van der Waals surface area contributed by atoms with Crippen molar-refractivity contribution in [1.82, 2.24) is 20.2 Å². The molecule has 2 aromatic rings. The fourth-order valence-electron chi connectivity index (χ4n) is 1.44. The summed E-state index contributed by atoms with van der Waals surface area (Å²) in [6.45, 7) is 3.94. The minimum absolute atomic E-state index is 0.100. The van der Waals surface area contributed by atoms with Gasteiger partial charge in [-0.3, -0.25) is 0 Å². The third kappa shape index (κ3) is 1.81. The Morgan fingerprint density at radius 3 is 2.53 bits per heavy atom. The van der Waals surface area contributed by atoms with E-state index in [9.17, 15) is 4.79 Å². The molecule has 78 valence electrons. The first kappa shape index (κ1) is 9.64. The highest BCUT2D eigenvalue weighted by Gasteiger charge is 2.11. The zero-order valence-electron chi connectivity index (χ0n) is 8.64. The van der Waals surface area contributed by atoms with Gasteiger partial charge < -0.3 is 0 Å². The predicted molar refractivity (Wildman–Crippen MR) is 55.6 cm³/mol. The second-order valence-corrected chi connectivity index (χ2v) is 3.54. The highest BCUT2D eigenvalue weighted by Crippen LogP contribution is 2.14. The molecule has 0 aliphatic rings. The number of hydrogen-bond acceptors (Lipinski definition) is 3. The Hall–Kier alpha value is -1.91. The van der Waals surface area contributed by atoms with Crippen LogP contribution in [0.4, 0.5) is 0 Å². The van der Waals surface area contributed by atoms with Gasteiger partial charge in [-0.2, -0.15) is 4.68 Å². The summed E-state index contributed by atoms with van der Waals surface area (Å²) in [5.41, 5.74) is 1.94. The SMILES string of the molecule is Cc1ccc(C(C)n2nn[nH]c2=O)cc1. The van der Waals surface area contributed by atoms with Crippen LogP contribution in [0.1, 0.15) is 24.1 Å². The van der Waals surface area contributed by atoms with Gasteiger partial charge in [-0.05, 0) is 29.8 Å². The van der Waals surface area contributed by atoms with Crippen molar-refractivity contribution in [3.05, 3.63) is 45.9 Å². The number of aryl methyl sites for hydroxylation is 1. The summed E-state index contributed by atoms with van der Waals surface area (Å²) >= 11 is 0. The molecule has 5 nitrogen and oxygen atoms in total. The number of nitrogens with one attached hydrogen (secondary N) is 1. The van der Waals surface area contributed by atoms with Crippen molar-refractivity contribution in [1.29, 1.82) is 0 Å². The summed E-state index contributed by atoms with van der Waals surface area (Å²) in [7, 11) is 0. The van der Waals surface area contributed by atoms with Gasteiger partial charge in [0.15, 0.2) is 0 Å². The van der Waals surface area contributed by atoms with E-state index >= 15 is 0 Å². The van der Waals surface area contributed by atoms with Crippen LogP contribution in [0.3, 0.4) is 0 Å². The fourth-order valence-corrected chi connectivity index (χ4v) is 1.44. The van der Waals surface area contributed by atoms with E-state index in [0.717, 1.165) is 5.56 Å². The molecule has 1 atom stereocenters. The van der Waals surface area contributed by atoms with Crippen molar-refractivity contribution in [3.8, 4) is 0 Å². The molecule has 1 aromatic carbocycles. The van der Waals surface area contributed by atoms with Gasteiger partial charge >= 0.3 is 5.69 Å². The van der Waals surface area contributed by atoms with Gasteiger partial charge in [0.05, 0.1) is 6.04 Å². The molecule has 0 radical (unpaired) electrons. The minimum atomic E-state index is -0.289. The normalized spacial score (nSPS) is 12.7. The van der Waals surface area contributed by atoms with Crippen LogP contribution in [0.15, 0.2) is 29.1 Å². The Kier molecular flexibility index (Phi) is 2.37. The lowest BCUT2D eigenvalue weighted by molar-refractivity contribution is 0.528. The second-order valence-electron chi connectivity index (χ2n) is 3.54. The Morgan fingerprint density at radius 2 is 2.00 bits per heavy atom. The minimum Gasteiger partial charge on any atom is -0.244 e. The molecule has 0 amide bonds. The molecule has 5 heteroatoms. The largest absolute Gasteiger partial charge is 0.361 e. The standard InChI is InChI=1S/C10H12N4O/c1-7-3-5-9(6-4-7)8(2)14-10(15)11-12-13-14/h3-6,8H,1-2H3,(H,11,13,15). The van der Waals surface area contributed by atoms with Crippen LogP contribution < -0.4 is 5.69 Å². The third-order valence-electron chi connectivity index (χ3n) is 2.42. The molecule has 0 bridgehead atoms. The molecule has 1 heterocycles. The van der Waals surface area contributed by atoms with Crippen molar-refractivity contribution in [2.75, 3.05) is 0 Å². The van der Waals surface area contributed by atoms with Crippen LogP contribution in [0.2, 0.25) is 0 Å². The van der Waals surface area contributed by atoms with Crippen LogP contribution in [0.5, 0.6) is 0 Å². The summed E-state index contributed by atoms with van der Waals surface area (Å²) in [6.07, 6.45) is 0. The first-order valence-corrected chi connectivity index (χ1v) is 4.75. The Bertz CT molecular complexity index is 497. The molecule has 0 aliphatic heterocycles. The first-order chi connectivity index (χ1) is 7.18. The van der Waals surface area contributed by atoms with Crippen molar-refractivity contribution >= 4 is 0 Å². The van der Waals surface area contributed by atoms with Crippen LogP contribution in [-0.2, 0) is 0 Å². The summed E-state index contributed by atoms with van der Waals surface area (Å²) in [5, 5.41) is 9.45. The summed E-state index contributed by atoms with van der Waals surface area (Å²) in [6, 6.07) is 7.90. The van der Waals surface area contributed by atoms with Crippen LogP contribution in [0.25, 0.3) is 0 Å². The molecule has 2 rings (SSSR count). The molecular weight excluding hydrogens is 192 g/mol. The van der Waals surface area contributed by atoms with E-state index in [0.29, 0.717) is 0 Å². The lowest BCUT2D eigenvalue weighted by Crippen LogP contribution is -2.22. The highest BCUT2D eigenvalue weighted by atomic mass is 16.2. The van der Waals surface area contributed by atoms with Crippen molar-refractivity contribution in [3.63, 3.8) is 0 Å². The van der Waals surface area contributed by atoms with Gasteiger partial charge in [-0.15, -0.1) is 0 Å². The Balaban J connectivity index is 2.36. The number of aromatic nitrogens is 4. The monoisotopic (exact) mass is 204 g/mol. The number of tetrazole rings is 1. The van der Waals surface area contributed by atoms with E-state index in [1.807, 2.05) is 38.1 Å². The predicted octanol–water partition coefficient (Wildman–Crippen LogP) is 0.884. The van der Waals surface area contributed by atoms with E-state index in [-0.39, 0.29) is 11.7 Å². The molecule has 1 N–H and O–H groups in total. The fraction of sp³-hybridized carbons (Fsp3) is 0.300. The lowest BCUT2D eigenvalue weighted by atomic mass is 10.1. The molecule has 1 unspecified atom stereocenters. The first-order valence-electron chi connectivity index (χ1n) is 4.75. The van der Waals surface area contributed by atoms with Gasteiger partial charge in [-0.25, -0.2) is 9.89 Å². The highest BCUT2D eigenvalue weighted by molar-refractivity contribution is 5.23. The zero-order valence-corrected chi connectivity index (χ0v) is 8.64. The maximum Gasteiger partial charge on any atom is 0.361 e. The number of hydrogen-bond donors (Lipinski definition) is 1. The quantitative estimate of drug-likeness (QED) is 0.790. The van der Waals surface area contributed by atoms with E-state index in [2.05, 4.69) is 15.5 Å². The van der Waals surface area contributed by atoms with Gasteiger partial charge in [0.1, 0.15) is 0 Å². The van der Waals surface area contributed by atoms with E-state index < -0.39 is 0 Å². The summed E-state index contributed by atoms with van der Waals surface area (Å²) in [5.74, 6) is 0. The molecular formula is C10H12N4O. The number of aromatic amines is 1.